The average molecular weight is 309 g/mol. The maximum atomic E-state index is 11.4. The third-order valence-electron chi connectivity index (χ3n) is 4.11. The van der Waals surface area contributed by atoms with Gasteiger partial charge in [0.25, 0.3) is 0 Å². The maximum absolute atomic E-state index is 11.4. The molecule has 4 nitrogen and oxygen atoms in total. The summed E-state index contributed by atoms with van der Waals surface area (Å²) >= 11 is 0. The second kappa shape index (κ2) is 7.20. The number of aliphatic carboxylic acids is 1. The Morgan fingerprint density at radius 1 is 1.29 bits per heavy atom. The molecule has 1 aromatic rings. The minimum Gasteiger partial charge on any atom is -0.480 e. The lowest BCUT2D eigenvalue weighted by atomic mass is 10.2. The smallest absolute Gasteiger partial charge is 0.323 e. The quantitative estimate of drug-likeness (QED) is 0.759. The molecule has 118 valence electrons. The lowest BCUT2D eigenvalue weighted by Crippen LogP contribution is -2.47. The van der Waals surface area contributed by atoms with Crippen molar-refractivity contribution in [3.8, 4) is 0 Å². The Bertz CT molecular complexity index is 454. The highest BCUT2D eigenvalue weighted by Gasteiger charge is 2.38. The van der Waals surface area contributed by atoms with Gasteiger partial charge in [-0.1, -0.05) is 51.1 Å². The van der Waals surface area contributed by atoms with E-state index in [1.807, 2.05) is 30.3 Å². The van der Waals surface area contributed by atoms with Crippen LogP contribution in [-0.4, -0.2) is 32.0 Å². The molecular formula is C16H27NO3Si. The van der Waals surface area contributed by atoms with Gasteiger partial charge in [0.15, 0.2) is 8.32 Å². The fraction of sp³-hybridized carbons (Fsp3) is 0.562. The number of carbonyl (C=O) groups is 1. The van der Waals surface area contributed by atoms with Gasteiger partial charge < -0.3 is 9.53 Å². The summed E-state index contributed by atoms with van der Waals surface area (Å²) in [6.45, 7) is 11.4. The highest BCUT2D eigenvalue weighted by molar-refractivity contribution is 6.74. The first kappa shape index (κ1) is 17.9. The van der Waals surface area contributed by atoms with Crippen molar-refractivity contribution in [2.24, 2.45) is 0 Å². The minimum absolute atomic E-state index is 0.0789. The van der Waals surface area contributed by atoms with Crippen LogP contribution in [0.3, 0.4) is 0 Å². The topological polar surface area (TPSA) is 58.6 Å². The summed E-state index contributed by atoms with van der Waals surface area (Å²) in [5.74, 6) is -0.871. The van der Waals surface area contributed by atoms with Crippen molar-refractivity contribution in [2.75, 3.05) is 6.61 Å². The molecule has 21 heavy (non-hydrogen) atoms. The lowest BCUT2D eigenvalue weighted by Gasteiger charge is -2.37. The van der Waals surface area contributed by atoms with E-state index >= 15 is 0 Å². The Labute approximate surface area is 128 Å². The molecule has 0 saturated carbocycles. The normalized spacial score (nSPS) is 14.0. The largest absolute Gasteiger partial charge is 0.480 e. The summed E-state index contributed by atoms with van der Waals surface area (Å²) in [4.78, 5) is 11.4. The first-order valence-corrected chi connectivity index (χ1v) is 10.2. The van der Waals surface area contributed by atoms with Gasteiger partial charge in [-0.25, -0.2) is 0 Å². The molecule has 0 aliphatic heterocycles. The molecule has 5 heteroatoms. The Kier molecular flexibility index (Phi) is 6.13. The highest BCUT2D eigenvalue weighted by Crippen LogP contribution is 2.36. The van der Waals surface area contributed by atoms with Crippen molar-refractivity contribution in [2.45, 2.75) is 51.5 Å². The molecule has 1 aromatic carbocycles. The van der Waals surface area contributed by atoms with Gasteiger partial charge >= 0.3 is 5.97 Å². The monoisotopic (exact) mass is 309 g/mol. The molecule has 0 radical (unpaired) electrons. The summed E-state index contributed by atoms with van der Waals surface area (Å²) in [5, 5.41) is 12.5. The van der Waals surface area contributed by atoms with Crippen molar-refractivity contribution < 1.29 is 14.3 Å². The van der Waals surface area contributed by atoms with Crippen molar-refractivity contribution in [3.05, 3.63) is 35.9 Å². The zero-order valence-corrected chi connectivity index (χ0v) is 14.6. The standard InChI is InChI=1S/C16H27NO3Si/c1-16(2,3)21(4,5)20-12-14(15(18)19)17-11-13-9-7-6-8-10-13/h6-10,14,17H,11-12H2,1-5H3,(H,18,19)/t14-/m0/s1. The predicted molar refractivity (Wildman–Crippen MR) is 87.9 cm³/mol. The van der Waals surface area contributed by atoms with Gasteiger partial charge in [-0.3, -0.25) is 10.1 Å². The van der Waals surface area contributed by atoms with Crippen LogP contribution in [0.15, 0.2) is 30.3 Å². The SMILES string of the molecule is CC(C)(C)[Si](C)(C)OC[C@H](NCc1ccccc1)C(=O)O. The van der Waals surface area contributed by atoms with E-state index in [-0.39, 0.29) is 11.6 Å². The molecular weight excluding hydrogens is 282 g/mol. The number of benzene rings is 1. The molecule has 0 aromatic heterocycles. The van der Waals surface area contributed by atoms with Gasteiger partial charge in [0.1, 0.15) is 6.04 Å². The van der Waals surface area contributed by atoms with Crippen LogP contribution in [0.4, 0.5) is 0 Å². The highest BCUT2D eigenvalue weighted by atomic mass is 28.4. The number of carboxylic acids is 1. The minimum atomic E-state index is -1.93. The number of carboxylic acid groups (broad SMARTS) is 1. The zero-order valence-electron chi connectivity index (χ0n) is 13.6. The third kappa shape index (κ3) is 5.61. The van der Waals surface area contributed by atoms with Crippen molar-refractivity contribution in [1.82, 2.24) is 5.32 Å². The molecule has 0 bridgehead atoms. The summed E-state index contributed by atoms with van der Waals surface area (Å²) < 4.78 is 6.00. The van der Waals surface area contributed by atoms with Crippen molar-refractivity contribution in [3.63, 3.8) is 0 Å². The molecule has 1 rings (SSSR count). The van der Waals surface area contributed by atoms with Crippen LogP contribution in [0, 0.1) is 0 Å². The van der Waals surface area contributed by atoms with Crippen LogP contribution in [0.1, 0.15) is 26.3 Å². The summed E-state index contributed by atoms with van der Waals surface area (Å²) in [7, 11) is -1.93. The van der Waals surface area contributed by atoms with E-state index in [9.17, 15) is 9.90 Å². The van der Waals surface area contributed by atoms with E-state index in [0.29, 0.717) is 6.54 Å². The van der Waals surface area contributed by atoms with Gasteiger partial charge in [0.2, 0.25) is 0 Å². The summed E-state index contributed by atoms with van der Waals surface area (Å²) in [6.07, 6.45) is 0. The molecule has 0 aliphatic carbocycles. The van der Waals surface area contributed by atoms with Crippen LogP contribution >= 0.6 is 0 Å². The number of hydrogen-bond donors (Lipinski definition) is 2. The second-order valence-corrected chi connectivity index (χ2v) is 11.6. The first-order valence-electron chi connectivity index (χ1n) is 7.27. The Morgan fingerprint density at radius 3 is 2.33 bits per heavy atom. The maximum Gasteiger partial charge on any atom is 0.323 e. The van der Waals surface area contributed by atoms with Gasteiger partial charge in [-0.05, 0) is 23.7 Å². The number of hydrogen-bond acceptors (Lipinski definition) is 3. The van der Waals surface area contributed by atoms with E-state index in [0.717, 1.165) is 5.56 Å². The summed E-state index contributed by atoms with van der Waals surface area (Å²) in [6, 6.07) is 9.09. The second-order valence-electron chi connectivity index (χ2n) is 6.83. The third-order valence-corrected chi connectivity index (χ3v) is 8.61. The van der Waals surface area contributed by atoms with E-state index in [2.05, 4.69) is 39.2 Å². The first-order chi connectivity index (χ1) is 9.63. The molecule has 0 amide bonds. The Balaban J connectivity index is 2.57. The zero-order chi connectivity index (χ0) is 16.1. The van der Waals surface area contributed by atoms with Gasteiger partial charge in [0.05, 0.1) is 6.61 Å². The summed E-state index contributed by atoms with van der Waals surface area (Å²) in [5.41, 5.74) is 1.07. The van der Waals surface area contributed by atoms with Gasteiger partial charge in [0, 0.05) is 6.54 Å². The molecule has 0 fully saturated rings. The number of nitrogens with one attached hydrogen (secondary N) is 1. The van der Waals surface area contributed by atoms with Gasteiger partial charge in [-0.2, -0.15) is 0 Å². The van der Waals surface area contributed by atoms with Crippen LogP contribution < -0.4 is 5.32 Å². The lowest BCUT2D eigenvalue weighted by molar-refractivity contribution is -0.140. The van der Waals surface area contributed by atoms with E-state index < -0.39 is 20.3 Å². The molecule has 0 aliphatic rings. The predicted octanol–water partition coefficient (Wildman–Crippen LogP) is 3.25. The van der Waals surface area contributed by atoms with E-state index in [1.54, 1.807) is 0 Å². The van der Waals surface area contributed by atoms with Crippen LogP contribution in [0.2, 0.25) is 18.1 Å². The molecule has 0 spiro atoms. The fourth-order valence-corrected chi connectivity index (χ4v) is 2.58. The van der Waals surface area contributed by atoms with Crippen LogP contribution in [-0.2, 0) is 15.8 Å². The Hall–Kier alpha value is -1.17. The molecule has 2 N–H and O–H groups in total. The van der Waals surface area contributed by atoms with E-state index in [4.69, 9.17) is 4.43 Å². The molecule has 0 saturated heterocycles. The van der Waals surface area contributed by atoms with Crippen LogP contribution in [0.5, 0.6) is 0 Å². The van der Waals surface area contributed by atoms with Crippen molar-refractivity contribution in [1.29, 1.82) is 0 Å². The van der Waals surface area contributed by atoms with E-state index in [1.165, 1.54) is 0 Å². The fourth-order valence-electron chi connectivity index (χ4n) is 1.56. The average Bonchev–Trinajstić information content (AvgIpc) is 2.38. The molecule has 0 unspecified atom stereocenters. The molecule has 0 heterocycles. The van der Waals surface area contributed by atoms with Gasteiger partial charge in [-0.15, -0.1) is 0 Å². The molecule has 1 atom stereocenters. The van der Waals surface area contributed by atoms with Crippen molar-refractivity contribution >= 4 is 14.3 Å². The Morgan fingerprint density at radius 2 is 1.86 bits per heavy atom. The number of rotatable bonds is 7. The van der Waals surface area contributed by atoms with Crippen LogP contribution in [0.25, 0.3) is 0 Å².